The van der Waals surface area contributed by atoms with Crippen LogP contribution in [0.15, 0.2) is 0 Å². The van der Waals surface area contributed by atoms with Crippen LogP contribution in [-0.4, -0.2) is 24.7 Å². The highest BCUT2D eigenvalue weighted by atomic mass is 32.2. The summed E-state index contributed by atoms with van der Waals surface area (Å²) in [4.78, 5) is 0. The second-order valence-electron chi connectivity index (χ2n) is 1.66. The third-order valence-electron chi connectivity index (χ3n) is 0.926. The van der Waals surface area contributed by atoms with Crippen molar-refractivity contribution in [1.82, 2.24) is 0 Å². The van der Waals surface area contributed by atoms with E-state index in [1.807, 2.05) is 11.8 Å². The molecule has 0 rings (SSSR count). The largest absolute Gasteiger partial charge is 0.381 e. The van der Waals surface area contributed by atoms with Gasteiger partial charge in [0.05, 0.1) is 0 Å². The van der Waals surface area contributed by atoms with E-state index in [1.165, 1.54) is 11.5 Å². The summed E-state index contributed by atoms with van der Waals surface area (Å²) in [7, 11) is 0. The number of ether oxygens (including phenoxy) is 1. The van der Waals surface area contributed by atoms with Crippen LogP contribution in [0.4, 0.5) is 0 Å². The topological polar surface area (TPSA) is 9.23 Å². The van der Waals surface area contributed by atoms with Gasteiger partial charge in [-0.25, -0.2) is 0 Å². The van der Waals surface area contributed by atoms with Gasteiger partial charge in [0.15, 0.2) is 0 Å². The lowest BCUT2D eigenvalue weighted by Gasteiger charge is -1.98. The minimum Gasteiger partial charge on any atom is -0.381 e. The van der Waals surface area contributed by atoms with E-state index in [4.69, 9.17) is 4.74 Å². The van der Waals surface area contributed by atoms with Gasteiger partial charge in [0, 0.05) is 13.2 Å². The fraction of sp³-hybridized carbons (Fsp3) is 0.857. The molecule has 0 aromatic heterocycles. The molecule has 0 fully saturated rings. The summed E-state index contributed by atoms with van der Waals surface area (Å²) < 4.78 is 5.06. The lowest BCUT2D eigenvalue weighted by Crippen LogP contribution is -1.94. The second kappa shape index (κ2) is 8.31. The summed E-state index contributed by atoms with van der Waals surface area (Å²) in [6.45, 7) is 7.23. The van der Waals surface area contributed by atoms with Crippen LogP contribution in [0.2, 0.25) is 0 Å². The third-order valence-corrected chi connectivity index (χ3v) is 1.91. The van der Waals surface area contributed by atoms with Gasteiger partial charge in [0.2, 0.25) is 0 Å². The smallest absolute Gasteiger partial charge is 0.0473 e. The van der Waals surface area contributed by atoms with Crippen molar-refractivity contribution in [2.24, 2.45) is 0 Å². The first-order chi connectivity index (χ1) is 4.41. The van der Waals surface area contributed by atoms with Crippen LogP contribution in [0.5, 0.6) is 0 Å². The summed E-state index contributed by atoms with van der Waals surface area (Å²) in [6, 6.07) is 0. The van der Waals surface area contributed by atoms with Gasteiger partial charge >= 0.3 is 0 Å². The maximum Gasteiger partial charge on any atom is 0.0473 e. The summed E-state index contributed by atoms with van der Waals surface area (Å²) in [5.41, 5.74) is 0. The summed E-state index contributed by atoms with van der Waals surface area (Å²) >= 11 is 1.96. The summed E-state index contributed by atoms with van der Waals surface area (Å²) in [6.07, 6.45) is 1.16. The summed E-state index contributed by atoms with van der Waals surface area (Å²) in [5, 5.41) is 0. The molecule has 0 atom stereocenters. The predicted octanol–water partition coefficient (Wildman–Crippen LogP) is 1.98. The number of hydrogen-bond acceptors (Lipinski definition) is 2. The lowest BCUT2D eigenvalue weighted by molar-refractivity contribution is 0.162. The molecule has 2 heteroatoms. The zero-order chi connectivity index (χ0) is 6.95. The highest BCUT2D eigenvalue weighted by Crippen LogP contribution is 2.00. The Kier molecular flexibility index (Phi) is 8.60. The molecular weight excluding hydrogens is 132 g/mol. The molecule has 0 aromatic rings. The minimum atomic E-state index is 0.608. The van der Waals surface area contributed by atoms with Gasteiger partial charge in [0.1, 0.15) is 0 Å². The molecule has 0 N–H and O–H groups in total. The van der Waals surface area contributed by atoms with E-state index in [0.717, 1.165) is 13.0 Å². The molecule has 0 unspecified atom stereocenters. The Labute approximate surface area is 62.2 Å². The molecule has 0 spiro atoms. The zero-order valence-electron chi connectivity index (χ0n) is 6.06. The van der Waals surface area contributed by atoms with Gasteiger partial charge in [-0.05, 0) is 24.9 Å². The van der Waals surface area contributed by atoms with Crippen molar-refractivity contribution >= 4 is 11.8 Å². The third kappa shape index (κ3) is 8.31. The Morgan fingerprint density at radius 1 is 1.56 bits per heavy atom. The van der Waals surface area contributed by atoms with Crippen molar-refractivity contribution < 1.29 is 4.74 Å². The molecule has 0 aromatic carbocycles. The first-order valence-corrected chi connectivity index (χ1v) is 4.52. The Morgan fingerprint density at radius 3 is 2.89 bits per heavy atom. The standard InChI is InChI=1S/C7H15OS/c1-3-8-6-5-7-9-4-2/h1,3-7H2,2H3. The Bertz CT molecular complexity index is 42.2. The fourth-order valence-corrected chi connectivity index (χ4v) is 1.12. The molecule has 0 aliphatic heterocycles. The molecule has 0 amide bonds. The van der Waals surface area contributed by atoms with Crippen LogP contribution in [0.1, 0.15) is 13.3 Å². The monoisotopic (exact) mass is 147 g/mol. The maximum absolute atomic E-state index is 5.06. The second-order valence-corrected chi connectivity index (χ2v) is 3.06. The van der Waals surface area contributed by atoms with Crippen LogP contribution in [0, 0.1) is 6.92 Å². The normalized spacial score (nSPS) is 10.0. The van der Waals surface area contributed by atoms with Gasteiger partial charge in [-0.1, -0.05) is 6.92 Å². The molecule has 0 aliphatic carbocycles. The molecule has 0 saturated carbocycles. The molecule has 0 saturated heterocycles. The highest BCUT2D eigenvalue weighted by molar-refractivity contribution is 7.99. The quantitative estimate of drug-likeness (QED) is 0.531. The Morgan fingerprint density at radius 2 is 2.33 bits per heavy atom. The van der Waals surface area contributed by atoms with Crippen LogP contribution in [0.3, 0.4) is 0 Å². The van der Waals surface area contributed by atoms with E-state index >= 15 is 0 Å². The van der Waals surface area contributed by atoms with E-state index in [9.17, 15) is 0 Å². The van der Waals surface area contributed by atoms with E-state index in [1.54, 1.807) is 0 Å². The van der Waals surface area contributed by atoms with E-state index in [-0.39, 0.29) is 0 Å². The highest BCUT2D eigenvalue weighted by Gasteiger charge is 1.85. The van der Waals surface area contributed by atoms with Crippen molar-refractivity contribution in [2.75, 3.05) is 24.7 Å². The SMILES string of the molecule is [CH2]COCCCSCC. The van der Waals surface area contributed by atoms with Crippen LogP contribution in [-0.2, 0) is 4.74 Å². The first kappa shape index (κ1) is 9.31. The van der Waals surface area contributed by atoms with Crippen molar-refractivity contribution in [3.05, 3.63) is 6.92 Å². The van der Waals surface area contributed by atoms with Gasteiger partial charge in [-0.3, -0.25) is 0 Å². The van der Waals surface area contributed by atoms with E-state index in [2.05, 4.69) is 13.8 Å². The van der Waals surface area contributed by atoms with Crippen LogP contribution in [0.25, 0.3) is 0 Å². The molecule has 1 radical (unpaired) electrons. The van der Waals surface area contributed by atoms with Gasteiger partial charge < -0.3 is 4.74 Å². The number of rotatable bonds is 6. The van der Waals surface area contributed by atoms with E-state index in [0.29, 0.717) is 6.61 Å². The Hall–Kier alpha value is 0.310. The molecule has 0 aliphatic rings. The molecular formula is C7H15OS. The fourth-order valence-electron chi connectivity index (χ4n) is 0.509. The average molecular weight is 147 g/mol. The Balaban J connectivity index is 2.60. The van der Waals surface area contributed by atoms with Gasteiger partial charge in [0.25, 0.3) is 0 Å². The van der Waals surface area contributed by atoms with Gasteiger partial charge in [-0.2, -0.15) is 11.8 Å². The van der Waals surface area contributed by atoms with Crippen LogP contribution < -0.4 is 0 Å². The first-order valence-electron chi connectivity index (χ1n) is 3.36. The molecule has 55 valence electrons. The van der Waals surface area contributed by atoms with Crippen molar-refractivity contribution in [1.29, 1.82) is 0 Å². The molecule has 0 bridgehead atoms. The van der Waals surface area contributed by atoms with E-state index < -0.39 is 0 Å². The van der Waals surface area contributed by atoms with Crippen molar-refractivity contribution in [3.63, 3.8) is 0 Å². The zero-order valence-corrected chi connectivity index (χ0v) is 6.88. The molecule has 1 nitrogen and oxygen atoms in total. The van der Waals surface area contributed by atoms with Crippen molar-refractivity contribution in [3.8, 4) is 0 Å². The number of thioether (sulfide) groups is 1. The van der Waals surface area contributed by atoms with Crippen LogP contribution >= 0.6 is 11.8 Å². The summed E-state index contributed by atoms with van der Waals surface area (Å²) in [5.74, 6) is 2.43. The minimum absolute atomic E-state index is 0.608. The lowest BCUT2D eigenvalue weighted by atomic mass is 10.5. The van der Waals surface area contributed by atoms with Gasteiger partial charge in [-0.15, -0.1) is 0 Å². The predicted molar refractivity (Wildman–Crippen MR) is 43.8 cm³/mol. The number of hydrogen-bond donors (Lipinski definition) is 0. The van der Waals surface area contributed by atoms with Crippen molar-refractivity contribution in [2.45, 2.75) is 13.3 Å². The average Bonchev–Trinajstić information content (AvgIpc) is 1.89. The maximum atomic E-state index is 5.06. The molecule has 0 heterocycles. The molecule has 9 heavy (non-hydrogen) atoms.